The fourth-order valence-electron chi connectivity index (χ4n) is 3.86. The topological polar surface area (TPSA) is 114 Å². The van der Waals surface area contributed by atoms with Gasteiger partial charge in [0.05, 0.1) is 13.2 Å². The minimum absolute atomic E-state index is 0.664. The van der Waals surface area contributed by atoms with E-state index >= 15 is 0 Å². The quantitative estimate of drug-likeness (QED) is 0.136. The number of fused-ring (bicyclic) bond motifs is 1. The third-order valence-electron chi connectivity index (χ3n) is 6.17. The molecule has 4 N–H and O–H groups in total. The molecule has 0 amide bonds. The second kappa shape index (κ2) is 124. The second-order valence-corrected chi connectivity index (χ2v) is 22.0. The molecule has 0 aliphatic carbocycles. The predicted molar refractivity (Wildman–Crippen MR) is 409 cm³/mol. The summed E-state index contributed by atoms with van der Waals surface area (Å²) in [7, 11) is 0. The number of ether oxygens (including phenoxy) is 3. The Morgan fingerprint density at radius 1 is 0.261 bits per heavy atom. The summed E-state index contributed by atoms with van der Waals surface area (Å²) in [5, 5.41) is 12.9. The second-order valence-electron chi connectivity index (χ2n) is 22.0. The van der Waals surface area contributed by atoms with E-state index in [2.05, 4.69) is 182 Å². The Balaban J connectivity index is -0.0000000621. The number of piperidine rings is 1. The van der Waals surface area contributed by atoms with Crippen LogP contribution in [-0.2, 0) is 4.74 Å². The third-order valence-corrected chi connectivity index (χ3v) is 6.17. The molecule has 10 nitrogen and oxygen atoms in total. The Labute approximate surface area is 557 Å². The molecule has 2 aromatic carbocycles. The van der Waals surface area contributed by atoms with Gasteiger partial charge in [-0.25, -0.2) is 9.97 Å². The van der Waals surface area contributed by atoms with E-state index < -0.39 is 0 Å². The number of nitrogens with zero attached hydrogens (tertiary/aromatic N) is 3. The van der Waals surface area contributed by atoms with Crippen LogP contribution in [0.15, 0.2) is 116 Å². The lowest BCUT2D eigenvalue weighted by Gasteiger charge is -2.17. The van der Waals surface area contributed by atoms with Crippen molar-refractivity contribution in [2.45, 2.75) is 262 Å². The van der Waals surface area contributed by atoms with Crippen LogP contribution in [0.2, 0.25) is 0 Å². The molecule has 0 unspecified atom stereocenters. The molecule has 0 atom stereocenters. The average molecular weight is 1250 g/mol. The van der Waals surface area contributed by atoms with Crippen LogP contribution in [0.25, 0.3) is 0 Å². The summed E-state index contributed by atoms with van der Waals surface area (Å²) in [5.41, 5.74) is 0. The molecule has 2 aromatic heterocycles. The van der Waals surface area contributed by atoms with Gasteiger partial charge in [-0.15, -0.1) is 0 Å². The molecule has 0 bridgehead atoms. The number of benzene rings is 2. The van der Waals surface area contributed by atoms with Crippen LogP contribution in [0.4, 0.5) is 0 Å². The molecule has 4 aromatic rings. The lowest BCUT2D eigenvalue weighted by molar-refractivity contribution is 0.109. The van der Waals surface area contributed by atoms with Crippen LogP contribution in [0, 0.1) is 41.4 Å². The van der Waals surface area contributed by atoms with Crippen molar-refractivity contribution in [1.82, 2.24) is 36.2 Å². The van der Waals surface area contributed by atoms with Gasteiger partial charge >= 0.3 is 0 Å². The maximum absolute atomic E-state index is 5.30. The summed E-state index contributed by atoms with van der Waals surface area (Å²) in [6.45, 7) is 85.7. The highest BCUT2D eigenvalue weighted by molar-refractivity contribution is 5.40. The largest absolute Gasteiger partial charge is 0.486 e. The van der Waals surface area contributed by atoms with Gasteiger partial charge in [-0.2, -0.15) is 0 Å². The van der Waals surface area contributed by atoms with E-state index in [1.165, 1.54) is 38.7 Å². The van der Waals surface area contributed by atoms with E-state index in [1.807, 2.05) is 176 Å². The summed E-state index contributed by atoms with van der Waals surface area (Å²) in [6.07, 6.45) is 12.6. The molecular formula is C78H165N7O3. The number of hydrogen-bond donors (Lipinski definition) is 4. The van der Waals surface area contributed by atoms with Crippen LogP contribution in [-0.4, -0.2) is 93.7 Å². The lowest BCUT2D eigenvalue weighted by atomic mass is 10.2. The van der Waals surface area contributed by atoms with Crippen LogP contribution in [0.5, 0.6) is 11.5 Å². The van der Waals surface area contributed by atoms with Crippen molar-refractivity contribution in [3.63, 3.8) is 0 Å². The predicted octanol–water partition coefficient (Wildman–Crippen LogP) is 23.1. The lowest BCUT2D eigenvalue weighted by Crippen LogP contribution is -2.39. The SMILES string of the molecule is C1CCNCC1.C1CNCCN1.C1COCCN1.CC.CC.CC.CC.CC.CC.CC.CC(C)C.CC(C)C.CC(C)C.CC(C)C.CC(C)C.CC(C)C.CC(C)C.c1ccc2c(c1)OCCO2.c1ccccc1.c1ccncc1.c1cncnc1. The number of nitrogens with one attached hydrogen (secondary N) is 4. The van der Waals surface area contributed by atoms with Gasteiger partial charge in [0.1, 0.15) is 19.5 Å². The van der Waals surface area contributed by atoms with E-state index in [1.54, 1.807) is 30.9 Å². The Morgan fingerprint density at radius 2 is 0.489 bits per heavy atom. The molecule has 3 saturated heterocycles. The first-order valence-electron chi connectivity index (χ1n) is 35.4. The van der Waals surface area contributed by atoms with E-state index in [-0.39, 0.29) is 0 Å². The van der Waals surface area contributed by atoms with Gasteiger partial charge in [0.2, 0.25) is 0 Å². The number of aromatic nitrogens is 3. The maximum Gasteiger partial charge on any atom is 0.161 e. The summed E-state index contributed by atoms with van der Waals surface area (Å²) in [4.78, 5) is 11.1. The monoisotopic (exact) mass is 1250 g/mol. The number of rotatable bonds is 0. The Hall–Kier alpha value is -3.93. The first kappa shape index (κ1) is 115. The molecule has 0 radical (unpaired) electrons. The summed E-state index contributed by atoms with van der Waals surface area (Å²) >= 11 is 0. The highest BCUT2D eigenvalue weighted by Crippen LogP contribution is 2.28. The summed E-state index contributed by atoms with van der Waals surface area (Å²) in [5.74, 6) is 7.54. The van der Waals surface area contributed by atoms with E-state index in [9.17, 15) is 0 Å². The normalized spacial score (nSPS) is 11.6. The van der Waals surface area contributed by atoms with Gasteiger partial charge in [-0.1, -0.05) is 303 Å². The van der Waals surface area contributed by atoms with Crippen molar-refractivity contribution in [1.29, 1.82) is 0 Å². The average Bonchev–Trinajstić information content (AvgIpc) is 3.71. The zero-order valence-corrected chi connectivity index (χ0v) is 66.2. The number of hydrogen-bond acceptors (Lipinski definition) is 10. The smallest absolute Gasteiger partial charge is 0.161 e. The van der Waals surface area contributed by atoms with Gasteiger partial charge in [-0.3, -0.25) is 4.98 Å². The highest BCUT2D eigenvalue weighted by atomic mass is 16.6. The number of piperazine rings is 1. The van der Waals surface area contributed by atoms with E-state index in [4.69, 9.17) is 14.2 Å². The van der Waals surface area contributed by atoms with Gasteiger partial charge in [0.25, 0.3) is 0 Å². The molecule has 4 aliphatic heterocycles. The van der Waals surface area contributed by atoms with Crippen molar-refractivity contribution in [2.75, 3.05) is 78.8 Å². The number of morpholine rings is 1. The molecule has 8 rings (SSSR count). The first-order valence-corrected chi connectivity index (χ1v) is 35.4. The zero-order valence-electron chi connectivity index (χ0n) is 66.2. The van der Waals surface area contributed by atoms with E-state index in [0.29, 0.717) is 13.2 Å². The molecule has 0 saturated carbocycles. The Bertz CT molecular complexity index is 1140. The van der Waals surface area contributed by atoms with Crippen molar-refractivity contribution in [3.8, 4) is 11.5 Å². The van der Waals surface area contributed by atoms with Crippen molar-refractivity contribution < 1.29 is 14.2 Å². The van der Waals surface area contributed by atoms with E-state index in [0.717, 1.165) is 105 Å². The first-order chi connectivity index (χ1) is 42.1. The van der Waals surface area contributed by atoms with Crippen molar-refractivity contribution in [3.05, 3.63) is 116 Å². The van der Waals surface area contributed by atoms with Gasteiger partial charge in [-0.05, 0) is 97.7 Å². The fourth-order valence-corrected chi connectivity index (χ4v) is 3.86. The van der Waals surface area contributed by atoms with Gasteiger partial charge < -0.3 is 35.5 Å². The minimum Gasteiger partial charge on any atom is -0.486 e. The van der Waals surface area contributed by atoms with Crippen molar-refractivity contribution in [2.24, 2.45) is 41.4 Å². The summed E-state index contributed by atoms with van der Waals surface area (Å²) in [6, 6.07) is 27.2. The fraction of sp³-hybridized carbons (Fsp3) is 0.731. The molecule has 3 fully saturated rings. The van der Waals surface area contributed by atoms with Crippen LogP contribution in [0.3, 0.4) is 0 Å². The molecule has 88 heavy (non-hydrogen) atoms. The van der Waals surface area contributed by atoms with Crippen LogP contribution in [0.1, 0.15) is 262 Å². The van der Waals surface area contributed by atoms with Crippen LogP contribution >= 0.6 is 0 Å². The third kappa shape index (κ3) is 215. The van der Waals surface area contributed by atoms with Crippen molar-refractivity contribution >= 4 is 0 Å². The molecule has 0 spiro atoms. The van der Waals surface area contributed by atoms with Gasteiger partial charge in [0, 0.05) is 64.1 Å². The highest BCUT2D eigenvalue weighted by Gasteiger charge is 2.08. The zero-order chi connectivity index (χ0) is 71.3. The summed E-state index contributed by atoms with van der Waals surface area (Å²) < 4.78 is 15.6. The van der Waals surface area contributed by atoms with Crippen LogP contribution < -0.4 is 30.7 Å². The molecule has 6 heterocycles. The molecular weight excluding hydrogens is 1080 g/mol. The molecule has 530 valence electrons. The minimum atomic E-state index is 0.664. The number of para-hydroxylation sites is 2. The Morgan fingerprint density at radius 3 is 0.614 bits per heavy atom. The standard InChI is InChI=1S/C8H8O2.C6H6.C5H11N.C5H5N.C4H10N2.C4H4N2.C4H9NO.7C4H10.7C2H6/c1-2-4-8-7(3-1)9-5-6-10-8;3*1-2-4-6-5-3-1;1-2-6-4-3-5-1;1-2-5-4-6-3-1;1-3-6-4-2-5-1;7*1-4(2)3;7*1-2/h1-4H,5-6H2;1-6H;6H,1-5H2;1-5H;5-6H,1-4H2;1-4H;5H,1-4H2;7*4H,1-3H3;7*1-2H3. The molecule has 10 heteroatoms. The Kier molecular flexibility index (Phi) is 162. The number of pyridine rings is 1. The van der Waals surface area contributed by atoms with Gasteiger partial charge in [0.15, 0.2) is 11.5 Å². The maximum atomic E-state index is 5.30. The molecule has 4 aliphatic rings.